The number of amides is 1. The number of rotatable bonds is 4. The van der Waals surface area contributed by atoms with Crippen molar-refractivity contribution in [3.05, 3.63) is 38.9 Å². The quantitative estimate of drug-likeness (QED) is 0.618. The van der Waals surface area contributed by atoms with Gasteiger partial charge in [-0.1, -0.05) is 11.6 Å². The van der Waals surface area contributed by atoms with E-state index in [2.05, 4.69) is 0 Å². The first-order chi connectivity index (χ1) is 8.47. The van der Waals surface area contributed by atoms with Crippen LogP contribution in [-0.2, 0) is 0 Å². The number of carbonyl (C=O) groups is 1. The van der Waals surface area contributed by atoms with Gasteiger partial charge in [0.1, 0.15) is 5.02 Å². The molecule has 6 nitrogen and oxygen atoms in total. The molecule has 0 aromatic heterocycles. The third-order valence-corrected chi connectivity index (χ3v) is 2.60. The van der Waals surface area contributed by atoms with Crippen LogP contribution in [0.1, 0.15) is 16.8 Å². The van der Waals surface area contributed by atoms with Crippen LogP contribution in [0, 0.1) is 21.4 Å². The highest BCUT2D eigenvalue weighted by molar-refractivity contribution is 6.33. The van der Waals surface area contributed by atoms with Gasteiger partial charge in [0.15, 0.2) is 0 Å². The summed E-state index contributed by atoms with van der Waals surface area (Å²) in [5.41, 5.74) is 0.0129. The topological polar surface area (TPSA) is 87.2 Å². The minimum atomic E-state index is -0.615. The largest absolute Gasteiger partial charge is 0.341 e. The van der Waals surface area contributed by atoms with E-state index >= 15 is 0 Å². The van der Waals surface area contributed by atoms with Crippen LogP contribution in [-0.4, -0.2) is 29.3 Å². The zero-order valence-electron chi connectivity index (χ0n) is 9.59. The van der Waals surface area contributed by atoms with Crippen LogP contribution in [0.15, 0.2) is 18.2 Å². The Labute approximate surface area is 109 Å². The van der Waals surface area contributed by atoms with E-state index in [0.29, 0.717) is 6.54 Å². The van der Waals surface area contributed by atoms with Crippen molar-refractivity contribution in [3.8, 4) is 6.07 Å². The summed E-state index contributed by atoms with van der Waals surface area (Å²) in [5, 5.41) is 18.9. The summed E-state index contributed by atoms with van der Waals surface area (Å²) in [6.07, 6.45) is 0.225. The van der Waals surface area contributed by atoms with E-state index in [4.69, 9.17) is 16.9 Å². The fourth-order valence-corrected chi connectivity index (χ4v) is 1.58. The molecule has 0 N–H and O–H groups in total. The Morgan fingerprint density at radius 1 is 1.61 bits per heavy atom. The Morgan fingerprint density at radius 3 is 2.78 bits per heavy atom. The number of nitro benzene ring substituents is 1. The molecule has 0 aliphatic carbocycles. The van der Waals surface area contributed by atoms with E-state index in [0.717, 1.165) is 0 Å². The maximum absolute atomic E-state index is 11.9. The zero-order valence-corrected chi connectivity index (χ0v) is 10.3. The SMILES string of the molecule is CN(CCC#N)C(=O)c1ccc([N+](=O)[O-])c(Cl)c1. The van der Waals surface area contributed by atoms with Gasteiger partial charge in [0.2, 0.25) is 0 Å². The minimum absolute atomic E-state index is 0.0838. The number of nitro groups is 1. The summed E-state index contributed by atoms with van der Waals surface area (Å²) in [6.45, 7) is 0.296. The number of nitrogens with zero attached hydrogens (tertiary/aromatic N) is 3. The predicted octanol–water partition coefficient (Wildman–Crippen LogP) is 2.23. The molecule has 1 rings (SSSR count). The molecule has 0 bridgehead atoms. The molecule has 0 heterocycles. The van der Waals surface area contributed by atoms with Gasteiger partial charge in [0.05, 0.1) is 17.4 Å². The Balaban J connectivity index is 2.91. The second-order valence-corrected chi connectivity index (χ2v) is 3.97. The van der Waals surface area contributed by atoms with Gasteiger partial charge >= 0.3 is 0 Å². The van der Waals surface area contributed by atoms with E-state index in [1.165, 1.54) is 23.1 Å². The summed E-state index contributed by atoms with van der Waals surface area (Å²) in [5.74, 6) is -0.331. The van der Waals surface area contributed by atoms with Gasteiger partial charge in [-0.3, -0.25) is 14.9 Å². The van der Waals surface area contributed by atoms with Gasteiger partial charge in [-0.25, -0.2) is 0 Å². The summed E-state index contributed by atoms with van der Waals surface area (Å²) in [4.78, 5) is 23.2. The molecule has 0 spiro atoms. The molecule has 18 heavy (non-hydrogen) atoms. The third-order valence-electron chi connectivity index (χ3n) is 2.30. The molecule has 7 heteroatoms. The molecule has 0 aliphatic rings. The summed E-state index contributed by atoms with van der Waals surface area (Å²) in [6, 6.07) is 5.72. The molecule has 0 saturated carbocycles. The molecule has 0 radical (unpaired) electrons. The average Bonchev–Trinajstić information content (AvgIpc) is 2.34. The standard InChI is InChI=1S/C11H10ClN3O3/c1-14(6-2-5-13)11(16)8-3-4-10(15(17)18)9(12)7-8/h3-4,7H,2,6H2,1H3. The lowest BCUT2D eigenvalue weighted by atomic mass is 10.2. The monoisotopic (exact) mass is 267 g/mol. The number of hydrogen-bond donors (Lipinski definition) is 0. The van der Waals surface area contributed by atoms with Crippen molar-refractivity contribution in [2.45, 2.75) is 6.42 Å². The number of hydrogen-bond acceptors (Lipinski definition) is 4. The Bertz CT molecular complexity index is 525. The lowest BCUT2D eigenvalue weighted by Gasteiger charge is -2.15. The maximum Gasteiger partial charge on any atom is 0.287 e. The highest BCUT2D eigenvalue weighted by Gasteiger charge is 2.17. The zero-order chi connectivity index (χ0) is 13.7. The highest BCUT2D eigenvalue weighted by atomic mass is 35.5. The van der Waals surface area contributed by atoms with Crippen molar-refractivity contribution in [2.75, 3.05) is 13.6 Å². The van der Waals surface area contributed by atoms with E-state index < -0.39 is 4.92 Å². The summed E-state index contributed by atoms with van der Waals surface area (Å²) >= 11 is 5.71. The van der Waals surface area contributed by atoms with Crippen molar-refractivity contribution in [3.63, 3.8) is 0 Å². The Kier molecular flexibility index (Phi) is 4.63. The smallest absolute Gasteiger partial charge is 0.287 e. The lowest BCUT2D eigenvalue weighted by molar-refractivity contribution is -0.384. The van der Waals surface area contributed by atoms with Crippen LogP contribution in [0.3, 0.4) is 0 Å². The normalized spacial score (nSPS) is 9.61. The van der Waals surface area contributed by atoms with Crippen LogP contribution in [0.5, 0.6) is 0 Å². The fourth-order valence-electron chi connectivity index (χ4n) is 1.33. The van der Waals surface area contributed by atoms with Crippen molar-refractivity contribution in [2.24, 2.45) is 0 Å². The Hall–Kier alpha value is -2.13. The number of halogens is 1. The van der Waals surface area contributed by atoms with Crippen molar-refractivity contribution in [1.29, 1.82) is 5.26 Å². The number of nitriles is 1. The van der Waals surface area contributed by atoms with Gasteiger partial charge in [0, 0.05) is 25.2 Å². The molecule has 0 fully saturated rings. The Morgan fingerprint density at radius 2 is 2.28 bits per heavy atom. The molecular formula is C11H10ClN3O3. The van der Waals surface area contributed by atoms with Gasteiger partial charge in [-0.05, 0) is 12.1 Å². The number of benzene rings is 1. The molecule has 1 aromatic rings. The van der Waals surface area contributed by atoms with Crippen LogP contribution >= 0.6 is 11.6 Å². The van der Waals surface area contributed by atoms with Gasteiger partial charge in [-0.15, -0.1) is 0 Å². The van der Waals surface area contributed by atoms with Gasteiger partial charge in [-0.2, -0.15) is 5.26 Å². The molecule has 0 aliphatic heterocycles. The lowest BCUT2D eigenvalue weighted by Crippen LogP contribution is -2.27. The highest BCUT2D eigenvalue weighted by Crippen LogP contribution is 2.25. The predicted molar refractivity (Wildman–Crippen MR) is 65.3 cm³/mol. The third kappa shape index (κ3) is 3.18. The molecular weight excluding hydrogens is 258 g/mol. The first-order valence-corrected chi connectivity index (χ1v) is 5.41. The van der Waals surface area contributed by atoms with E-state index in [1.54, 1.807) is 7.05 Å². The average molecular weight is 268 g/mol. The molecule has 94 valence electrons. The van der Waals surface area contributed by atoms with Crippen LogP contribution < -0.4 is 0 Å². The minimum Gasteiger partial charge on any atom is -0.341 e. The molecule has 1 amide bonds. The fraction of sp³-hybridized carbons (Fsp3) is 0.273. The first kappa shape index (κ1) is 13.9. The van der Waals surface area contributed by atoms with Crippen LogP contribution in [0.4, 0.5) is 5.69 Å². The molecule has 0 saturated heterocycles. The summed E-state index contributed by atoms with van der Waals surface area (Å²) < 4.78 is 0. The molecule has 0 atom stereocenters. The van der Waals surface area contributed by atoms with Crippen molar-refractivity contribution >= 4 is 23.2 Å². The second-order valence-electron chi connectivity index (χ2n) is 3.56. The van der Waals surface area contributed by atoms with E-state index in [1.807, 2.05) is 6.07 Å². The molecule has 0 unspecified atom stereocenters. The van der Waals surface area contributed by atoms with Crippen molar-refractivity contribution in [1.82, 2.24) is 4.90 Å². The first-order valence-electron chi connectivity index (χ1n) is 5.03. The summed E-state index contributed by atoms with van der Waals surface area (Å²) in [7, 11) is 1.55. The number of carbonyl (C=O) groups excluding carboxylic acids is 1. The van der Waals surface area contributed by atoms with E-state index in [-0.39, 0.29) is 28.6 Å². The van der Waals surface area contributed by atoms with Crippen LogP contribution in [0.25, 0.3) is 0 Å². The van der Waals surface area contributed by atoms with Gasteiger partial charge < -0.3 is 4.90 Å². The van der Waals surface area contributed by atoms with Crippen LogP contribution in [0.2, 0.25) is 5.02 Å². The maximum atomic E-state index is 11.9. The van der Waals surface area contributed by atoms with E-state index in [9.17, 15) is 14.9 Å². The van der Waals surface area contributed by atoms with Gasteiger partial charge in [0.25, 0.3) is 11.6 Å². The molecule has 1 aromatic carbocycles. The second kappa shape index (κ2) is 5.98. The van der Waals surface area contributed by atoms with Crippen molar-refractivity contribution < 1.29 is 9.72 Å².